The molecular formula is C23H27N3O4S3. The first-order valence-corrected chi connectivity index (χ1v) is 14.4. The third-order valence-corrected chi connectivity index (χ3v) is 10.7. The average Bonchev–Trinajstić information content (AvgIpc) is 3.59. The van der Waals surface area contributed by atoms with Crippen LogP contribution in [0.25, 0.3) is 10.2 Å². The molecule has 2 aromatic heterocycles. The molecule has 5 rings (SSSR count). The molecule has 2 aliphatic heterocycles. The van der Waals surface area contributed by atoms with Crippen LogP contribution in [0.2, 0.25) is 0 Å². The molecule has 2 fully saturated rings. The number of nitrogens with zero attached hydrogens (tertiary/aromatic N) is 3. The van der Waals surface area contributed by atoms with Crippen LogP contribution in [0.5, 0.6) is 0 Å². The number of piperidine rings is 1. The van der Waals surface area contributed by atoms with E-state index in [1.165, 1.54) is 27.0 Å². The minimum atomic E-state index is -3.48. The number of benzene rings is 1. The number of sulfonamides is 1. The predicted molar refractivity (Wildman–Crippen MR) is 131 cm³/mol. The van der Waals surface area contributed by atoms with Gasteiger partial charge in [0, 0.05) is 25.6 Å². The van der Waals surface area contributed by atoms with E-state index in [2.05, 4.69) is 0 Å². The van der Waals surface area contributed by atoms with Gasteiger partial charge in [0.25, 0.3) is 10.0 Å². The summed E-state index contributed by atoms with van der Waals surface area (Å²) in [5, 5.41) is 2.47. The van der Waals surface area contributed by atoms with Crippen LogP contribution in [0.3, 0.4) is 0 Å². The van der Waals surface area contributed by atoms with E-state index < -0.39 is 10.0 Å². The number of hydrogen-bond donors (Lipinski definition) is 0. The molecule has 0 bridgehead atoms. The van der Waals surface area contributed by atoms with E-state index in [4.69, 9.17) is 9.72 Å². The Labute approximate surface area is 202 Å². The molecule has 33 heavy (non-hydrogen) atoms. The summed E-state index contributed by atoms with van der Waals surface area (Å²) in [5.41, 5.74) is 2.02. The first-order chi connectivity index (χ1) is 15.9. The molecule has 176 valence electrons. The van der Waals surface area contributed by atoms with E-state index in [0.717, 1.165) is 35.2 Å². The number of para-hydroxylation sites is 1. The van der Waals surface area contributed by atoms with Gasteiger partial charge >= 0.3 is 0 Å². The van der Waals surface area contributed by atoms with Gasteiger partial charge in [-0.15, -0.1) is 11.3 Å². The number of ether oxygens (including phenoxy) is 1. The lowest BCUT2D eigenvalue weighted by molar-refractivity contribution is -0.123. The van der Waals surface area contributed by atoms with Gasteiger partial charge in [0.15, 0.2) is 5.13 Å². The zero-order valence-corrected chi connectivity index (χ0v) is 20.9. The summed E-state index contributed by atoms with van der Waals surface area (Å²) in [6.45, 7) is 3.95. The maximum Gasteiger partial charge on any atom is 0.252 e. The van der Waals surface area contributed by atoms with Crippen molar-refractivity contribution in [3.63, 3.8) is 0 Å². The summed E-state index contributed by atoms with van der Waals surface area (Å²) >= 11 is 2.76. The number of hydrogen-bond acceptors (Lipinski definition) is 7. The third-order valence-electron chi connectivity index (χ3n) is 6.41. The van der Waals surface area contributed by atoms with E-state index in [9.17, 15) is 13.2 Å². The minimum Gasteiger partial charge on any atom is -0.376 e. The van der Waals surface area contributed by atoms with Crippen molar-refractivity contribution in [1.29, 1.82) is 0 Å². The Morgan fingerprint density at radius 1 is 1.21 bits per heavy atom. The molecule has 7 nitrogen and oxygen atoms in total. The van der Waals surface area contributed by atoms with Gasteiger partial charge in [0.1, 0.15) is 4.21 Å². The Balaban J connectivity index is 1.35. The molecule has 3 aromatic rings. The van der Waals surface area contributed by atoms with Crippen LogP contribution in [-0.2, 0) is 19.6 Å². The van der Waals surface area contributed by atoms with Crippen LogP contribution in [0.1, 0.15) is 31.2 Å². The fraction of sp³-hybridized carbons (Fsp3) is 0.478. The van der Waals surface area contributed by atoms with Crippen molar-refractivity contribution < 1.29 is 17.9 Å². The van der Waals surface area contributed by atoms with Gasteiger partial charge in [-0.25, -0.2) is 13.4 Å². The smallest absolute Gasteiger partial charge is 0.252 e. The van der Waals surface area contributed by atoms with Crippen molar-refractivity contribution in [2.24, 2.45) is 5.92 Å². The maximum atomic E-state index is 13.7. The van der Waals surface area contributed by atoms with Gasteiger partial charge in [0.05, 0.1) is 22.9 Å². The van der Waals surface area contributed by atoms with Gasteiger partial charge in [-0.2, -0.15) is 4.31 Å². The molecule has 1 amide bonds. The number of thiophene rings is 1. The lowest BCUT2D eigenvalue weighted by atomic mass is 9.96. The van der Waals surface area contributed by atoms with Crippen molar-refractivity contribution in [2.45, 2.75) is 42.9 Å². The van der Waals surface area contributed by atoms with Crippen LogP contribution in [0, 0.1) is 12.8 Å². The summed E-state index contributed by atoms with van der Waals surface area (Å²) in [6, 6.07) is 9.45. The first kappa shape index (κ1) is 22.9. The predicted octanol–water partition coefficient (Wildman–Crippen LogP) is 4.28. The number of aromatic nitrogens is 1. The largest absolute Gasteiger partial charge is 0.376 e. The molecule has 4 heterocycles. The second kappa shape index (κ2) is 9.42. The van der Waals surface area contributed by atoms with Crippen molar-refractivity contribution >= 4 is 54.0 Å². The van der Waals surface area contributed by atoms with Gasteiger partial charge < -0.3 is 4.74 Å². The lowest BCUT2D eigenvalue weighted by Gasteiger charge is -2.33. The number of fused-ring (bicyclic) bond motifs is 1. The molecule has 1 atom stereocenters. The third kappa shape index (κ3) is 4.59. The van der Waals surface area contributed by atoms with E-state index in [1.54, 1.807) is 22.4 Å². The van der Waals surface area contributed by atoms with Crippen LogP contribution in [0.4, 0.5) is 5.13 Å². The Bertz CT molecular complexity index is 1230. The van der Waals surface area contributed by atoms with Crippen molar-refractivity contribution in [3.05, 3.63) is 41.3 Å². The fourth-order valence-electron chi connectivity index (χ4n) is 4.55. The number of anilines is 1. The Morgan fingerprint density at radius 2 is 2.03 bits per heavy atom. The van der Waals surface area contributed by atoms with Crippen LogP contribution in [0.15, 0.2) is 39.9 Å². The standard InChI is InChI=1S/C23H27N3O4S3/c1-16-5-2-7-19-21(16)24-23(32-19)26(15-18-6-3-13-30-18)22(27)17-9-11-25(12-10-17)33(28,29)20-8-4-14-31-20/h2,4-5,7-8,14,17-18H,3,6,9-13,15H2,1H3. The average molecular weight is 506 g/mol. The van der Waals surface area contributed by atoms with Gasteiger partial charge in [0.2, 0.25) is 5.91 Å². The topological polar surface area (TPSA) is 79.8 Å². The van der Waals surface area contributed by atoms with E-state index in [1.807, 2.05) is 25.1 Å². The minimum absolute atomic E-state index is 0.0151. The summed E-state index contributed by atoms with van der Waals surface area (Å²) in [6.07, 6.45) is 2.97. The Kier molecular flexibility index (Phi) is 6.54. The van der Waals surface area contributed by atoms with E-state index >= 15 is 0 Å². The number of carbonyl (C=O) groups excluding carboxylic acids is 1. The van der Waals surface area contributed by atoms with Crippen molar-refractivity contribution in [2.75, 3.05) is 31.1 Å². The van der Waals surface area contributed by atoms with Gasteiger partial charge in [-0.05, 0) is 55.7 Å². The lowest BCUT2D eigenvalue weighted by Crippen LogP contribution is -2.46. The van der Waals surface area contributed by atoms with Crippen LogP contribution in [-0.4, -0.2) is 56.0 Å². The number of aryl methyl sites for hydroxylation is 1. The molecule has 1 unspecified atom stereocenters. The Morgan fingerprint density at radius 3 is 2.70 bits per heavy atom. The molecule has 0 radical (unpaired) electrons. The highest BCUT2D eigenvalue weighted by Gasteiger charge is 2.36. The highest BCUT2D eigenvalue weighted by molar-refractivity contribution is 7.91. The van der Waals surface area contributed by atoms with Gasteiger partial charge in [-0.3, -0.25) is 9.69 Å². The molecule has 10 heteroatoms. The highest BCUT2D eigenvalue weighted by Crippen LogP contribution is 2.34. The number of thiazole rings is 1. The van der Waals surface area contributed by atoms with Crippen LogP contribution < -0.4 is 4.90 Å². The number of amides is 1. The van der Waals surface area contributed by atoms with Crippen molar-refractivity contribution in [1.82, 2.24) is 9.29 Å². The van der Waals surface area contributed by atoms with Crippen LogP contribution >= 0.6 is 22.7 Å². The second-order valence-electron chi connectivity index (χ2n) is 8.61. The van der Waals surface area contributed by atoms with Crippen molar-refractivity contribution in [3.8, 4) is 0 Å². The molecule has 2 aliphatic rings. The molecule has 0 N–H and O–H groups in total. The molecule has 0 aliphatic carbocycles. The van der Waals surface area contributed by atoms with E-state index in [0.29, 0.717) is 41.8 Å². The molecule has 1 aromatic carbocycles. The second-order valence-corrected chi connectivity index (χ2v) is 12.7. The Hall–Kier alpha value is -1.85. The molecular weight excluding hydrogens is 478 g/mol. The van der Waals surface area contributed by atoms with E-state index in [-0.39, 0.29) is 17.9 Å². The number of carbonyl (C=O) groups is 1. The monoisotopic (exact) mass is 505 g/mol. The van der Waals surface area contributed by atoms with Gasteiger partial charge in [-0.1, -0.05) is 29.5 Å². The first-order valence-electron chi connectivity index (χ1n) is 11.3. The number of rotatable bonds is 6. The quantitative estimate of drug-likeness (QED) is 0.500. The zero-order chi connectivity index (χ0) is 23.0. The summed E-state index contributed by atoms with van der Waals surface area (Å²) in [4.78, 5) is 20.3. The zero-order valence-electron chi connectivity index (χ0n) is 18.5. The molecule has 2 saturated heterocycles. The summed E-state index contributed by atoms with van der Waals surface area (Å²) < 4.78 is 34.5. The normalized spacial score (nSPS) is 20.5. The fourth-order valence-corrected chi connectivity index (χ4v) is 8.22. The summed E-state index contributed by atoms with van der Waals surface area (Å²) in [7, 11) is -3.48. The highest BCUT2D eigenvalue weighted by atomic mass is 32.2. The summed E-state index contributed by atoms with van der Waals surface area (Å²) in [5.74, 6) is -0.204. The maximum absolute atomic E-state index is 13.7. The molecule has 0 saturated carbocycles. The SMILES string of the molecule is Cc1cccc2sc(N(CC3CCCO3)C(=O)C3CCN(S(=O)(=O)c4cccs4)CC3)nc12. The molecule has 0 spiro atoms.